The lowest BCUT2D eigenvalue weighted by Crippen LogP contribution is -2.13. The van der Waals surface area contributed by atoms with E-state index in [9.17, 15) is 19.8 Å². The normalized spacial score (nSPS) is 12.5. The Labute approximate surface area is 140 Å². The Kier molecular flexibility index (Phi) is 3.18. The van der Waals surface area contributed by atoms with Crippen molar-refractivity contribution in [2.75, 3.05) is 6.79 Å². The summed E-state index contributed by atoms with van der Waals surface area (Å²) in [6, 6.07) is 7.50. The van der Waals surface area contributed by atoms with Crippen molar-refractivity contribution >= 4 is 16.9 Å². The molecule has 2 heterocycles. The summed E-state index contributed by atoms with van der Waals surface area (Å²) in [6.07, 6.45) is 0. The minimum atomic E-state index is -1.38. The molecule has 4 rings (SSSR count). The van der Waals surface area contributed by atoms with Crippen LogP contribution in [-0.4, -0.2) is 23.0 Å². The maximum Gasteiger partial charge on any atom is 0.372 e. The van der Waals surface area contributed by atoms with E-state index in [2.05, 4.69) is 0 Å². The van der Waals surface area contributed by atoms with E-state index >= 15 is 0 Å². The number of phenolic OH excluding ortho intramolecular Hbond substituents is 1. The van der Waals surface area contributed by atoms with E-state index in [0.29, 0.717) is 22.6 Å². The molecule has 126 valence electrons. The third-order valence-corrected chi connectivity index (χ3v) is 4.14. The van der Waals surface area contributed by atoms with Crippen molar-refractivity contribution in [3.05, 3.63) is 51.9 Å². The van der Waals surface area contributed by atoms with Crippen LogP contribution in [0.4, 0.5) is 0 Å². The molecule has 0 bridgehead atoms. The van der Waals surface area contributed by atoms with Crippen LogP contribution in [0.1, 0.15) is 16.1 Å². The third kappa shape index (κ3) is 2.20. The molecule has 25 heavy (non-hydrogen) atoms. The number of carboxylic acids is 1. The van der Waals surface area contributed by atoms with E-state index in [-0.39, 0.29) is 29.1 Å². The Balaban J connectivity index is 2.08. The Morgan fingerprint density at radius 3 is 2.64 bits per heavy atom. The second-order valence-electron chi connectivity index (χ2n) is 5.59. The quantitative estimate of drug-likeness (QED) is 0.738. The fourth-order valence-corrected chi connectivity index (χ4v) is 2.85. The fourth-order valence-electron chi connectivity index (χ4n) is 2.85. The average Bonchev–Trinajstić information content (AvgIpc) is 3.05. The summed E-state index contributed by atoms with van der Waals surface area (Å²) >= 11 is 0. The first kappa shape index (κ1) is 15.1. The molecule has 0 spiro atoms. The van der Waals surface area contributed by atoms with Gasteiger partial charge in [0, 0.05) is 5.56 Å². The molecule has 0 aliphatic carbocycles. The summed E-state index contributed by atoms with van der Waals surface area (Å²) in [5.74, 6) is -1.01. The number of fused-ring (bicyclic) bond motifs is 2. The number of phenols is 1. The van der Waals surface area contributed by atoms with Crippen molar-refractivity contribution in [1.29, 1.82) is 0 Å². The lowest BCUT2D eigenvalue weighted by atomic mass is 10.0. The van der Waals surface area contributed by atoms with Crippen LogP contribution >= 0.6 is 0 Å². The van der Waals surface area contributed by atoms with Gasteiger partial charge in [0.1, 0.15) is 11.3 Å². The zero-order valence-electron chi connectivity index (χ0n) is 13.0. The van der Waals surface area contributed by atoms with Crippen molar-refractivity contribution in [2.24, 2.45) is 0 Å². The number of aromatic hydroxyl groups is 1. The number of aryl methyl sites for hydroxylation is 1. The van der Waals surface area contributed by atoms with Crippen molar-refractivity contribution in [1.82, 2.24) is 0 Å². The number of ether oxygens (including phenoxy) is 2. The molecule has 3 aromatic rings. The van der Waals surface area contributed by atoms with Crippen molar-refractivity contribution in [3.8, 4) is 28.4 Å². The van der Waals surface area contributed by atoms with Gasteiger partial charge in [-0.25, -0.2) is 4.79 Å². The highest BCUT2D eigenvalue weighted by Crippen LogP contribution is 2.37. The number of hydrogen-bond donors (Lipinski definition) is 2. The Bertz CT molecular complexity index is 1090. The third-order valence-electron chi connectivity index (χ3n) is 4.14. The van der Waals surface area contributed by atoms with E-state index < -0.39 is 17.2 Å². The summed E-state index contributed by atoms with van der Waals surface area (Å²) in [7, 11) is 0. The number of rotatable bonds is 2. The van der Waals surface area contributed by atoms with Gasteiger partial charge in [-0.2, -0.15) is 0 Å². The van der Waals surface area contributed by atoms with Crippen LogP contribution in [0.3, 0.4) is 0 Å². The molecule has 1 aliphatic rings. The van der Waals surface area contributed by atoms with Gasteiger partial charge in [-0.3, -0.25) is 4.79 Å². The highest BCUT2D eigenvalue weighted by Gasteiger charge is 2.24. The van der Waals surface area contributed by atoms with E-state index in [4.69, 9.17) is 13.9 Å². The molecule has 0 saturated carbocycles. The van der Waals surface area contributed by atoms with Gasteiger partial charge in [0.05, 0.1) is 10.9 Å². The maximum absolute atomic E-state index is 12.9. The Morgan fingerprint density at radius 1 is 1.12 bits per heavy atom. The second-order valence-corrected chi connectivity index (χ2v) is 5.59. The van der Waals surface area contributed by atoms with Gasteiger partial charge in [-0.05, 0) is 36.8 Å². The van der Waals surface area contributed by atoms with E-state index in [1.54, 1.807) is 25.1 Å². The zero-order valence-corrected chi connectivity index (χ0v) is 13.0. The minimum Gasteiger partial charge on any atom is -0.508 e. The van der Waals surface area contributed by atoms with Crippen LogP contribution in [0.2, 0.25) is 0 Å². The largest absolute Gasteiger partial charge is 0.508 e. The van der Waals surface area contributed by atoms with E-state index in [0.717, 1.165) is 0 Å². The first-order valence-electron chi connectivity index (χ1n) is 7.40. The molecule has 1 aromatic heterocycles. The van der Waals surface area contributed by atoms with Crippen LogP contribution in [0, 0.1) is 6.92 Å². The highest BCUT2D eigenvalue weighted by atomic mass is 16.7. The Hall–Kier alpha value is -3.48. The molecule has 0 saturated heterocycles. The number of carboxylic acid groups (broad SMARTS) is 1. The van der Waals surface area contributed by atoms with Crippen LogP contribution in [0.5, 0.6) is 17.2 Å². The standard InChI is InChI=1S/C18H12O7/c1-8-11(19)4-3-10-15(20)14(17(18(21)22)25-16(8)10)9-2-5-12-13(6-9)24-7-23-12/h2-6,19H,7H2,1H3,(H,21,22). The first-order chi connectivity index (χ1) is 12.0. The van der Waals surface area contributed by atoms with Crippen LogP contribution in [0.25, 0.3) is 22.1 Å². The summed E-state index contributed by atoms with van der Waals surface area (Å²) in [5.41, 5.74) is 0.119. The molecule has 0 amide bonds. The number of carbonyl (C=O) groups is 1. The summed E-state index contributed by atoms with van der Waals surface area (Å²) < 4.78 is 16.0. The average molecular weight is 340 g/mol. The number of hydrogen-bond acceptors (Lipinski definition) is 6. The van der Waals surface area contributed by atoms with Crippen molar-refractivity contribution in [3.63, 3.8) is 0 Å². The van der Waals surface area contributed by atoms with Gasteiger partial charge >= 0.3 is 5.97 Å². The molecule has 0 atom stereocenters. The lowest BCUT2D eigenvalue weighted by Gasteiger charge is -2.10. The smallest absolute Gasteiger partial charge is 0.372 e. The minimum absolute atomic E-state index is 0.0480. The lowest BCUT2D eigenvalue weighted by molar-refractivity contribution is 0.0664. The van der Waals surface area contributed by atoms with Crippen molar-refractivity contribution < 1.29 is 28.9 Å². The predicted molar refractivity (Wildman–Crippen MR) is 87.4 cm³/mol. The molecule has 0 radical (unpaired) electrons. The van der Waals surface area contributed by atoms with Crippen LogP contribution in [-0.2, 0) is 0 Å². The Morgan fingerprint density at radius 2 is 1.88 bits per heavy atom. The molecule has 7 nitrogen and oxygen atoms in total. The molecule has 2 N–H and O–H groups in total. The summed E-state index contributed by atoms with van der Waals surface area (Å²) in [4.78, 5) is 24.6. The topological polar surface area (TPSA) is 106 Å². The van der Waals surface area contributed by atoms with Gasteiger partial charge in [0.15, 0.2) is 11.5 Å². The number of benzene rings is 2. The molecule has 2 aromatic carbocycles. The molecule has 1 aliphatic heterocycles. The van der Waals surface area contributed by atoms with Gasteiger partial charge in [-0.15, -0.1) is 0 Å². The zero-order chi connectivity index (χ0) is 17.7. The molecular formula is C18H12O7. The SMILES string of the molecule is Cc1c(O)ccc2c(=O)c(-c3ccc4c(c3)OCO4)c(C(=O)O)oc12. The van der Waals surface area contributed by atoms with Gasteiger partial charge in [0.2, 0.25) is 18.0 Å². The molecule has 0 unspecified atom stereocenters. The van der Waals surface area contributed by atoms with Gasteiger partial charge in [-0.1, -0.05) is 6.07 Å². The molecule has 7 heteroatoms. The van der Waals surface area contributed by atoms with Crippen molar-refractivity contribution in [2.45, 2.75) is 6.92 Å². The maximum atomic E-state index is 12.9. The summed E-state index contributed by atoms with van der Waals surface area (Å²) in [6.45, 7) is 1.61. The second kappa shape index (κ2) is 5.27. The van der Waals surface area contributed by atoms with Crippen LogP contribution in [0.15, 0.2) is 39.5 Å². The number of aromatic carboxylic acids is 1. The fraction of sp³-hybridized carbons (Fsp3) is 0.111. The van der Waals surface area contributed by atoms with E-state index in [1.807, 2.05) is 0 Å². The first-order valence-corrected chi connectivity index (χ1v) is 7.40. The monoisotopic (exact) mass is 340 g/mol. The predicted octanol–water partition coefficient (Wildman–Crippen LogP) is 2.90. The summed E-state index contributed by atoms with van der Waals surface area (Å²) in [5, 5.41) is 19.5. The van der Waals surface area contributed by atoms with Gasteiger partial charge < -0.3 is 24.1 Å². The van der Waals surface area contributed by atoms with Gasteiger partial charge in [0.25, 0.3) is 0 Å². The molecule has 0 fully saturated rings. The van der Waals surface area contributed by atoms with Crippen LogP contribution < -0.4 is 14.9 Å². The molecular weight excluding hydrogens is 328 g/mol. The highest BCUT2D eigenvalue weighted by molar-refractivity contribution is 5.97. The van der Waals surface area contributed by atoms with E-state index in [1.165, 1.54) is 12.1 Å².